The molecule has 0 aliphatic carbocycles. The lowest BCUT2D eigenvalue weighted by Gasteiger charge is -1.70. The molecule has 0 aromatic rings. The highest BCUT2D eigenvalue weighted by atomic mass is 32.4. The molecular formula is H6N3O3SSi+. The van der Waals surface area contributed by atoms with E-state index < -0.39 is 9.57 Å². The molecular weight excluding hydrogens is 150 g/mol. The summed E-state index contributed by atoms with van der Waals surface area (Å²) in [6, 6.07) is 0. The molecule has 0 spiro atoms. The summed E-state index contributed by atoms with van der Waals surface area (Å²) >= 11 is 0. The van der Waals surface area contributed by atoms with E-state index in [1.165, 1.54) is 0 Å². The Morgan fingerprint density at radius 3 is 1.50 bits per heavy atom. The summed E-state index contributed by atoms with van der Waals surface area (Å²) in [7, 11) is -3.69. The van der Waals surface area contributed by atoms with E-state index in [1.54, 1.807) is 0 Å². The predicted molar refractivity (Wildman–Crippen MR) is 29.1 cm³/mol. The molecule has 3 N–H and O–H groups in total. The molecule has 0 fully saturated rings. The van der Waals surface area contributed by atoms with Crippen LogP contribution >= 0.6 is 0 Å². The maximum atomic E-state index is 9.25. The Bertz CT molecular complexity index is 155. The zero-order valence-corrected chi connectivity index (χ0v) is 6.94. The molecule has 0 saturated carbocycles. The number of hydrogen-bond donors (Lipinski definition) is 3. The van der Waals surface area contributed by atoms with Crippen LogP contribution in [0.1, 0.15) is 0 Å². The lowest BCUT2D eigenvalue weighted by atomic mass is 13.0. The molecule has 8 heavy (non-hydrogen) atoms. The highest BCUT2D eigenvalue weighted by molar-refractivity contribution is 8.07. The molecule has 0 aliphatic rings. The maximum Gasteiger partial charge on any atom is 0.217 e. The lowest BCUT2D eigenvalue weighted by Crippen LogP contribution is -1.91. The molecule has 0 heterocycles. The quantitative estimate of drug-likeness (QED) is 0.167. The van der Waals surface area contributed by atoms with Crippen molar-refractivity contribution in [3.8, 4) is 0 Å². The fourth-order valence-electron chi connectivity index (χ4n) is 0. The second-order valence-corrected chi connectivity index (χ2v) is 5.41. The van der Waals surface area contributed by atoms with Crippen LogP contribution < -0.4 is 4.91 Å². The van der Waals surface area contributed by atoms with Crippen molar-refractivity contribution in [2.45, 2.75) is 0 Å². The van der Waals surface area contributed by atoms with Gasteiger partial charge in [-0.05, 0) is 0 Å². The van der Waals surface area contributed by atoms with Crippen molar-refractivity contribution in [2.75, 3.05) is 0 Å². The SMILES string of the molecule is N=[N+]=N.O=S(=O)(O)[SiH3]. The van der Waals surface area contributed by atoms with Crippen LogP contribution in [0.5, 0.6) is 0 Å². The Kier molecular flexibility index (Phi) is 5.98. The normalized spacial score (nSPS) is 8.62. The second-order valence-electron chi connectivity index (χ2n) is 0.845. The summed E-state index contributed by atoms with van der Waals surface area (Å²) in [5.41, 5.74) is 11.0. The maximum absolute atomic E-state index is 9.25. The van der Waals surface area contributed by atoms with Crippen LogP contribution in [0.3, 0.4) is 0 Å². The third-order valence-corrected chi connectivity index (χ3v) is 0. The summed E-state index contributed by atoms with van der Waals surface area (Å²) in [4.78, 5) is 2.00. The standard InChI is InChI=1S/H2N3.H4O3SSi/c1-3-2;1-4(2,3)5/h1-2H;5H3,(H,1,2,3)/q+1;. The van der Waals surface area contributed by atoms with E-state index in [4.69, 9.17) is 15.6 Å². The van der Waals surface area contributed by atoms with Crippen LogP contribution in [-0.4, -0.2) is 22.4 Å². The zero-order valence-electron chi connectivity index (χ0n) is 4.12. The average molecular weight is 156 g/mol. The molecule has 0 bridgehead atoms. The fourth-order valence-corrected chi connectivity index (χ4v) is 0. The molecule has 8 heteroatoms. The monoisotopic (exact) mass is 156 g/mol. The van der Waals surface area contributed by atoms with Crippen molar-refractivity contribution >= 4 is 19.0 Å². The van der Waals surface area contributed by atoms with Crippen LogP contribution in [0.4, 0.5) is 0 Å². The smallest absolute Gasteiger partial charge is 0.217 e. The third kappa shape index (κ3) is 338. The van der Waals surface area contributed by atoms with Crippen molar-refractivity contribution in [3.05, 3.63) is 0 Å². The molecule has 0 saturated heterocycles. The van der Waals surface area contributed by atoms with Crippen LogP contribution in [0.25, 0.3) is 0 Å². The average Bonchev–Trinajstić information content (AvgIpc) is 1.27. The number of nitrogens with zero attached hydrogens (tertiary/aromatic N) is 1. The fraction of sp³-hybridized carbons (Fsp3) is 0. The van der Waals surface area contributed by atoms with Crippen LogP contribution in [0.15, 0.2) is 0 Å². The van der Waals surface area contributed by atoms with Crippen LogP contribution in [0, 0.1) is 11.1 Å². The highest BCUT2D eigenvalue weighted by Crippen LogP contribution is 1.57. The van der Waals surface area contributed by atoms with Gasteiger partial charge in [0.2, 0.25) is 14.5 Å². The topological polar surface area (TPSA) is 116 Å². The summed E-state index contributed by atoms with van der Waals surface area (Å²) in [6.45, 7) is 0. The van der Waals surface area contributed by atoms with Crippen molar-refractivity contribution in [1.82, 2.24) is 4.91 Å². The minimum Gasteiger partial charge on any atom is -0.292 e. The first-order chi connectivity index (χ1) is 3.41. The Morgan fingerprint density at radius 1 is 1.50 bits per heavy atom. The second kappa shape index (κ2) is 4.59. The van der Waals surface area contributed by atoms with Gasteiger partial charge in [-0.15, -0.1) is 0 Å². The first kappa shape index (κ1) is 10.4. The molecule has 0 amide bonds. The summed E-state index contributed by atoms with van der Waals surface area (Å²) < 4.78 is 26.1. The Hall–Kier alpha value is -0.563. The van der Waals surface area contributed by atoms with Gasteiger partial charge >= 0.3 is 0 Å². The van der Waals surface area contributed by atoms with Crippen LogP contribution in [-0.2, 0) is 9.57 Å². The Labute approximate surface area is 48.7 Å². The van der Waals surface area contributed by atoms with Gasteiger partial charge in [0.25, 0.3) is 0 Å². The summed E-state index contributed by atoms with van der Waals surface area (Å²) in [5, 5.41) is 0. The lowest BCUT2D eigenvalue weighted by molar-refractivity contribution is 0.501. The van der Waals surface area contributed by atoms with Gasteiger partial charge in [0, 0.05) is 0 Å². The molecule has 48 valence electrons. The van der Waals surface area contributed by atoms with Gasteiger partial charge in [-0.3, -0.25) is 4.55 Å². The number of hydrogen-bond acceptors (Lipinski definition) is 4. The van der Waals surface area contributed by atoms with E-state index in [2.05, 4.69) is 0 Å². The minimum absolute atomic E-state index is 0.164. The first-order valence-corrected chi connectivity index (χ1v) is 5.67. The van der Waals surface area contributed by atoms with Gasteiger partial charge in [0.15, 0.2) is 9.39 Å². The zero-order chi connectivity index (χ0) is 7.21. The van der Waals surface area contributed by atoms with E-state index in [0.29, 0.717) is 0 Å². The van der Waals surface area contributed by atoms with E-state index in [9.17, 15) is 8.42 Å². The van der Waals surface area contributed by atoms with Gasteiger partial charge < -0.3 is 0 Å². The number of rotatable bonds is 0. The van der Waals surface area contributed by atoms with E-state index in [-0.39, 0.29) is 9.39 Å². The summed E-state index contributed by atoms with van der Waals surface area (Å²) in [5.74, 6) is 0. The Morgan fingerprint density at radius 2 is 1.50 bits per heavy atom. The molecule has 0 atom stereocenters. The van der Waals surface area contributed by atoms with Crippen molar-refractivity contribution in [2.24, 2.45) is 0 Å². The van der Waals surface area contributed by atoms with Crippen LogP contribution in [0.2, 0.25) is 0 Å². The largest absolute Gasteiger partial charge is 0.292 e. The van der Waals surface area contributed by atoms with E-state index in [0.717, 1.165) is 0 Å². The third-order valence-electron chi connectivity index (χ3n) is 0. The van der Waals surface area contributed by atoms with Gasteiger partial charge in [-0.25, -0.2) is 8.42 Å². The van der Waals surface area contributed by atoms with Crippen molar-refractivity contribution in [1.29, 1.82) is 11.1 Å². The Balaban J connectivity index is 0. The highest BCUT2D eigenvalue weighted by Gasteiger charge is 1.81. The van der Waals surface area contributed by atoms with Gasteiger partial charge in [-0.1, -0.05) is 0 Å². The number of nitrogens with one attached hydrogen (secondary N) is 2. The predicted octanol–water partition coefficient (Wildman–Crippen LogP) is -1.73. The van der Waals surface area contributed by atoms with Crippen molar-refractivity contribution in [3.63, 3.8) is 0 Å². The molecule has 0 aromatic carbocycles. The minimum atomic E-state index is -3.53. The van der Waals surface area contributed by atoms with Gasteiger partial charge in [0.05, 0.1) is 0 Å². The van der Waals surface area contributed by atoms with Crippen molar-refractivity contribution < 1.29 is 13.0 Å². The molecule has 0 aromatic heterocycles. The van der Waals surface area contributed by atoms with Gasteiger partial charge in [0.1, 0.15) is 11.1 Å². The molecule has 0 unspecified atom stereocenters. The molecule has 6 nitrogen and oxygen atoms in total. The van der Waals surface area contributed by atoms with E-state index >= 15 is 0 Å². The van der Waals surface area contributed by atoms with Gasteiger partial charge in [-0.2, -0.15) is 0 Å². The molecule has 0 rings (SSSR count). The molecule has 0 aliphatic heterocycles. The summed E-state index contributed by atoms with van der Waals surface area (Å²) in [6.07, 6.45) is 0. The molecule has 0 radical (unpaired) electrons. The van der Waals surface area contributed by atoms with E-state index in [1.807, 2.05) is 4.91 Å². The first-order valence-electron chi connectivity index (χ1n) is 1.37.